The van der Waals surface area contributed by atoms with Gasteiger partial charge in [0.2, 0.25) is 0 Å². The monoisotopic (exact) mass is 141 g/mol. The van der Waals surface area contributed by atoms with Gasteiger partial charge in [-0.15, -0.1) is 0 Å². The molecule has 0 radical (unpaired) electrons. The Kier molecular flexibility index (Phi) is 14.3. The summed E-state index contributed by atoms with van der Waals surface area (Å²) >= 11 is 2.94. The van der Waals surface area contributed by atoms with Crippen LogP contribution in [0.5, 0.6) is 0 Å². The summed E-state index contributed by atoms with van der Waals surface area (Å²) in [4.78, 5) is 0. The van der Waals surface area contributed by atoms with Crippen molar-refractivity contribution in [3.63, 3.8) is 0 Å². The Morgan fingerprint density at radius 1 is 1.17 bits per heavy atom. The third kappa shape index (κ3) is 650. The van der Waals surface area contributed by atoms with Gasteiger partial charge in [0, 0.05) is 0 Å². The molecule has 3 N–H and O–H groups in total. The van der Waals surface area contributed by atoms with E-state index in [0.717, 1.165) is 0 Å². The zero-order valence-electron chi connectivity index (χ0n) is 2.63. The standard InChI is InChI=1S/BH3O3.Cu.O/c2-1(3)4;;/h2-4H;;. The second-order valence-corrected chi connectivity index (χ2v) is 0.346. The summed E-state index contributed by atoms with van der Waals surface area (Å²) in [5, 5.41) is 21.5. The van der Waals surface area contributed by atoms with E-state index in [0.29, 0.717) is 0 Å². The second kappa shape index (κ2) is 8.98. The van der Waals surface area contributed by atoms with Gasteiger partial charge in [0.15, 0.2) is 0 Å². The quantitative estimate of drug-likeness (QED) is 0.336. The van der Waals surface area contributed by atoms with Gasteiger partial charge in [-0.05, 0) is 0 Å². The minimum atomic E-state index is -2.17. The van der Waals surface area contributed by atoms with Crippen molar-refractivity contribution in [2.24, 2.45) is 0 Å². The van der Waals surface area contributed by atoms with Crippen LogP contribution >= 0.6 is 0 Å². The third-order valence-corrected chi connectivity index (χ3v) is 0. The molecule has 6 heteroatoms. The molecule has 0 saturated carbocycles. The summed E-state index contributed by atoms with van der Waals surface area (Å²) in [7, 11) is -2.17. The van der Waals surface area contributed by atoms with Gasteiger partial charge in [0.05, 0.1) is 0 Å². The maximum absolute atomic E-state index is 7.81. The van der Waals surface area contributed by atoms with Crippen LogP contribution < -0.4 is 0 Å². The molecule has 0 aromatic rings. The molecule has 0 spiro atoms. The Hall–Kier alpha value is 0.264. The van der Waals surface area contributed by atoms with Crippen LogP contribution in [-0.4, -0.2) is 22.4 Å². The molecule has 0 amide bonds. The molecule has 0 aromatic heterocycles. The Bertz CT molecular complexity index is 18.8. The normalized spacial score (nSPS) is 5.50. The first-order valence-corrected chi connectivity index (χ1v) is 1.28. The number of rotatable bonds is 0. The average Bonchev–Trinajstić information content (AvgIpc) is 1.41. The molecule has 41 valence electrons. The molecule has 4 nitrogen and oxygen atoms in total. The predicted molar refractivity (Wildman–Crippen MR) is 13.1 cm³/mol. The van der Waals surface area contributed by atoms with Crippen molar-refractivity contribution >= 4 is 7.32 Å². The van der Waals surface area contributed by atoms with Gasteiger partial charge in [0.25, 0.3) is 0 Å². The van der Waals surface area contributed by atoms with Crippen molar-refractivity contribution in [3.8, 4) is 0 Å². The third-order valence-electron chi connectivity index (χ3n) is 0. The van der Waals surface area contributed by atoms with Gasteiger partial charge in [0.1, 0.15) is 0 Å². The Labute approximate surface area is 43.0 Å². The van der Waals surface area contributed by atoms with E-state index >= 15 is 0 Å². The summed E-state index contributed by atoms with van der Waals surface area (Å²) in [6, 6.07) is 0. The maximum atomic E-state index is 7.81. The van der Waals surface area contributed by atoms with Crippen molar-refractivity contribution in [1.82, 2.24) is 0 Å². The van der Waals surface area contributed by atoms with Gasteiger partial charge in [-0.25, -0.2) is 0 Å². The van der Waals surface area contributed by atoms with Crippen molar-refractivity contribution in [2.45, 2.75) is 0 Å². The number of hydrogen-bond donors (Lipinski definition) is 3. The molecule has 0 aliphatic carbocycles. The van der Waals surface area contributed by atoms with E-state index < -0.39 is 7.32 Å². The zero-order valence-corrected chi connectivity index (χ0v) is 3.57. The van der Waals surface area contributed by atoms with Crippen molar-refractivity contribution in [2.75, 3.05) is 0 Å². The van der Waals surface area contributed by atoms with E-state index in [1.165, 1.54) is 0 Å². The topological polar surface area (TPSA) is 77.8 Å². The first kappa shape index (κ1) is 9.55. The van der Waals surface area contributed by atoms with E-state index in [4.69, 9.17) is 18.9 Å². The summed E-state index contributed by atoms with van der Waals surface area (Å²) in [6.45, 7) is 0. The molecular weight excluding hydrogens is 138 g/mol. The van der Waals surface area contributed by atoms with Crippen LogP contribution in [0.3, 0.4) is 0 Å². The van der Waals surface area contributed by atoms with Crippen LogP contribution in [0.15, 0.2) is 0 Å². The molecule has 0 bridgehead atoms. The summed E-state index contributed by atoms with van der Waals surface area (Å²) in [5.74, 6) is 0. The van der Waals surface area contributed by atoms with E-state index in [1.807, 2.05) is 0 Å². The van der Waals surface area contributed by atoms with E-state index in [-0.39, 0.29) is 0 Å². The first-order chi connectivity index (χ1) is 2.73. The van der Waals surface area contributed by atoms with Crippen molar-refractivity contribution < 1.29 is 34.9 Å². The Morgan fingerprint density at radius 3 is 1.17 bits per heavy atom. The fourth-order valence-corrected chi connectivity index (χ4v) is 0. The average molecular weight is 141 g/mol. The molecule has 0 atom stereocenters. The molecule has 0 unspecified atom stereocenters. The van der Waals surface area contributed by atoms with E-state index in [2.05, 4.69) is 15.9 Å². The van der Waals surface area contributed by atoms with Gasteiger partial charge in [-0.1, -0.05) is 0 Å². The molecule has 0 aliphatic heterocycles. The van der Waals surface area contributed by atoms with Gasteiger partial charge < -0.3 is 15.1 Å². The molecule has 0 fully saturated rings. The van der Waals surface area contributed by atoms with Crippen molar-refractivity contribution in [1.29, 1.82) is 0 Å². The zero-order chi connectivity index (χ0) is 5.58. The van der Waals surface area contributed by atoms with Gasteiger partial charge in [-0.3, -0.25) is 0 Å². The molecule has 0 aliphatic rings. The van der Waals surface area contributed by atoms with Crippen LogP contribution in [0.2, 0.25) is 0 Å². The van der Waals surface area contributed by atoms with Crippen LogP contribution in [0.4, 0.5) is 0 Å². The molecule has 6 heavy (non-hydrogen) atoms. The molecule has 0 aromatic carbocycles. The molecule has 0 saturated heterocycles. The second-order valence-electron chi connectivity index (χ2n) is 0.346. The van der Waals surface area contributed by atoms with Crippen LogP contribution in [0, 0.1) is 0 Å². The number of hydrogen-bond acceptors (Lipinski definition) is 4. The first-order valence-electron chi connectivity index (χ1n) is 0.898. The fourth-order valence-electron chi connectivity index (χ4n) is 0. The van der Waals surface area contributed by atoms with E-state index in [1.54, 1.807) is 0 Å². The summed E-state index contributed by atoms with van der Waals surface area (Å²) in [6.07, 6.45) is 0. The molecule has 0 rings (SSSR count). The van der Waals surface area contributed by atoms with Gasteiger partial charge in [-0.2, -0.15) is 0 Å². The SMILES string of the molecule is OB(O)O.[O]=[Cu]. The van der Waals surface area contributed by atoms with Crippen molar-refractivity contribution in [3.05, 3.63) is 0 Å². The molecular formula is H3BCuO4. The fraction of sp³-hybridized carbons (Fsp3) is 0. The molecule has 0 heterocycles. The minimum absolute atomic E-state index is 2.17. The van der Waals surface area contributed by atoms with Gasteiger partial charge >= 0.3 is 27.1 Å². The Morgan fingerprint density at radius 2 is 1.17 bits per heavy atom. The van der Waals surface area contributed by atoms with Crippen LogP contribution in [-0.2, 0) is 19.8 Å². The van der Waals surface area contributed by atoms with Crippen LogP contribution in [0.1, 0.15) is 0 Å². The summed E-state index contributed by atoms with van der Waals surface area (Å²) < 4.78 is 7.81. The summed E-state index contributed by atoms with van der Waals surface area (Å²) in [5.41, 5.74) is 0. The van der Waals surface area contributed by atoms with E-state index in [9.17, 15) is 0 Å². The van der Waals surface area contributed by atoms with Crippen LogP contribution in [0.25, 0.3) is 0 Å². The Balaban J connectivity index is 0. The predicted octanol–water partition coefficient (Wildman–Crippen LogP) is -2.17.